The quantitative estimate of drug-likeness (QED) is 0.601. The maximum Gasteiger partial charge on any atom is 0.258 e. The van der Waals surface area contributed by atoms with Crippen LogP contribution in [0.1, 0.15) is 17.1 Å². The van der Waals surface area contributed by atoms with E-state index in [4.69, 9.17) is 4.74 Å². The first-order valence-corrected chi connectivity index (χ1v) is 8.27. The van der Waals surface area contributed by atoms with Gasteiger partial charge in [-0.15, -0.1) is 0 Å². The van der Waals surface area contributed by atoms with Crippen molar-refractivity contribution in [2.45, 2.75) is 13.3 Å². The van der Waals surface area contributed by atoms with Crippen LogP contribution in [-0.2, 0) is 6.42 Å². The highest BCUT2D eigenvalue weighted by Gasteiger charge is 2.09. The summed E-state index contributed by atoms with van der Waals surface area (Å²) in [6.07, 6.45) is 3.34. The molecule has 0 aliphatic heterocycles. The van der Waals surface area contributed by atoms with Crippen molar-refractivity contribution in [1.82, 2.24) is 24.7 Å². The number of fused-ring (bicyclic) bond motifs is 1. The fourth-order valence-electron chi connectivity index (χ4n) is 2.78. The summed E-state index contributed by atoms with van der Waals surface area (Å²) in [6.45, 7) is 1.59. The number of aryl methyl sites for hydroxylation is 1. The van der Waals surface area contributed by atoms with Crippen LogP contribution in [0.5, 0.6) is 5.75 Å². The van der Waals surface area contributed by atoms with Gasteiger partial charge < -0.3 is 9.72 Å². The van der Waals surface area contributed by atoms with Crippen LogP contribution in [0.2, 0.25) is 0 Å². The molecule has 1 aromatic carbocycles. The lowest BCUT2D eigenvalue weighted by atomic mass is 10.2. The number of aromatic nitrogens is 5. The molecule has 3 aromatic heterocycles. The lowest BCUT2D eigenvalue weighted by molar-refractivity contribution is 0.415. The van der Waals surface area contributed by atoms with Gasteiger partial charge in [-0.1, -0.05) is 6.07 Å². The number of pyridine rings is 1. The Morgan fingerprint density at radius 1 is 1.26 bits per heavy atom. The first-order valence-electron chi connectivity index (χ1n) is 8.27. The maximum absolute atomic E-state index is 13.4. The first-order chi connectivity index (χ1) is 13.0. The van der Waals surface area contributed by atoms with Gasteiger partial charge in [0.15, 0.2) is 11.6 Å². The fourth-order valence-corrected chi connectivity index (χ4v) is 2.78. The van der Waals surface area contributed by atoms with Gasteiger partial charge in [0.2, 0.25) is 0 Å². The second-order valence-electron chi connectivity index (χ2n) is 6.10. The molecule has 0 bridgehead atoms. The van der Waals surface area contributed by atoms with Crippen LogP contribution in [0.3, 0.4) is 0 Å². The Kier molecular flexibility index (Phi) is 4.15. The van der Waals surface area contributed by atoms with E-state index in [1.807, 2.05) is 6.07 Å². The van der Waals surface area contributed by atoms with Gasteiger partial charge in [0.1, 0.15) is 11.6 Å². The molecule has 0 radical (unpaired) electrons. The van der Waals surface area contributed by atoms with Gasteiger partial charge >= 0.3 is 0 Å². The minimum atomic E-state index is -0.380. The number of aromatic amines is 1. The molecule has 0 unspecified atom stereocenters. The van der Waals surface area contributed by atoms with E-state index in [1.165, 1.54) is 10.9 Å². The standard InChI is InChI=1S/C19H16FN5O2/c1-11-15(20)10-25(24-11)18-6-3-12(9-21-18)7-17-22-16-8-13(27-2)4-5-14(16)19(26)23-17/h3-6,8-10H,7H2,1-2H3,(H,22,23,26). The van der Waals surface area contributed by atoms with Gasteiger partial charge in [0.25, 0.3) is 5.56 Å². The van der Waals surface area contributed by atoms with Crippen molar-refractivity contribution in [3.8, 4) is 11.6 Å². The third-order valence-electron chi connectivity index (χ3n) is 4.22. The highest BCUT2D eigenvalue weighted by atomic mass is 19.1. The Balaban J connectivity index is 1.62. The van der Waals surface area contributed by atoms with E-state index >= 15 is 0 Å². The third kappa shape index (κ3) is 3.29. The van der Waals surface area contributed by atoms with Crippen LogP contribution in [0.4, 0.5) is 4.39 Å². The molecular weight excluding hydrogens is 349 g/mol. The number of hydrogen-bond donors (Lipinski definition) is 1. The molecule has 4 aromatic rings. The van der Waals surface area contributed by atoms with Crippen molar-refractivity contribution >= 4 is 10.9 Å². The largest absolute Gasteiger partial charge is 0.497 e. The van der Waals surface area contributed by atoms with Crippen molar-refractivity contribution in [1.29, 1.82) is 0 Å². The van der Waals surface area contributed by atoms with Crippen LogP contribution < -0.4 is 10.3 Å². The third-order valence-corrected chi connectivity index (χ3v) is 4.22. The number of benzene rings is 1. The van der Waals surface area contributed by atoms with Crippen molar-refractivity contribution in [2.75, 3.05) is 7.11 Å². The fraction of sp³-hybridized carbons (Fsp3) is 0.158. The minimum Gasteiger partial charge on any atom is -0.497 e. The van der Waals surface area contributed by atoms with E-state index < -0.39 is 0 Å². The monoisotopic (exact) mass is 365 g/mol. The number of rotatable bonds is 4. The zero-order valence-corrected chi connectivity index (χ0v) is 14.7. The molecule has 0 aliphatic carbocycles. The SMILES string of the molecule is COc1ccc2c(=O)[nH]c(Cc3ccc(-n4cc(F)c(C)n4)nc3)nc2c1. The van der Waals surface area contributed by atoms with Crippen molar-refractivity contribution in [3.63, 3.8) is 0 Å². The molecule has 4 rings (SSSR count). The molecule has 1 N–H and O–H groups in total. The Labute approximate surface area is 153 Å². The van der Waals surface area contributed by atoms with Crippen LogP contribution >= 0.6 is 0 Å². The van der Waals surface area contributed by atoms with Gasteiger partial charge in [-0.25, -0.2) is 19.0 Å². The molecule has 3 heterocycles. The summed E-state index contributed by atoms with van der Waals surface area (Å²) in [7, 11) is 1.56. The highest BCUT2D eigenvalue weighted by molar-refractivity contribution is 5.79. The Bertz CT molecular complexity index is 1160. The van der Waals surface area contributed by atoms with Gasteiger partial charge in [0, 0.05) is 18.7 Å². The van der Waals surface area contributed by atoms with E-state index in [9.17, 15) is 9.18 Å². The second kappa shape index (κ2) is 6.64. The summed E-state index contributed by atoms with van der Waals surface area (Å²) < 4.78 is 20.0. The van der Waals surface area contributed by atoms with E-state index in [1.54, 1.807) is 44.5 Å². The van der Waals surface area contributed by atoms with Crippen molar-refractivity contribution in [2.24, 2.45) is 0 Å². The summed E-state index contributed by atoms with van der Waals surface area (Å²) in [6, 6.07) is 8.72. The smallest absolute Gasteiger partial charge is 0.258 e. The Morgan fingerprint density at radius 3 is 2.78 bits per heavy atom. The summed E-state index contributed by atoms with van der Waals surface area (Å²) in [5.74, 6) is 1.29. The molecule has 0 aliphatic rings. The van der Waals surface area contributed by atoms with Gasteiger partial charge in [0.05, 0.1) is 29.9 Å². The zero-order valence-electron chi connectivity index (χ0n) is 14.7. The molecule has 0 saturated carbocycles. The topological polar surface area (TPSA) is 85.7 Å². The van der Waals surface area contributed by atoms with E-state index in [0.29, 0.717) is 40.4 Å². The number of methoxy groups -OCH3 is 1. The maximum atomic E-state index is 13.4. The van der Waals surface area contributed by atoms with Gasteiger partial charge in [-0.05, 0) is 30.7 Å². The summed E-state index contributed by atoms with van der Waals surface area (Å²) >= 11 is 0. The van der Waals surface area contributed by atoms with E-state index in [-0.39, 0.29) is 11.4 Å². The predicted octanol–water partition coefficient (Wildman–Crippen LogP) is 2.55. The predicted molar refractivity (Wildman–Crippen MR) is 97.8 cm³/mol. The van der Waals surface area contributed by atoms with Gasteiger partial charge in [-0.2, -0.15) is 5.10 Å². The molecular formula is C19H16FN5O2. The molecule has 7 nitrogen and oxygen atoms in total. The Morgan fingerprint density at radius 2 is 2.11 bits per heavy atom. The summed E-state index contributed by atoms with van der Waals surface area (Å²) in [5, 5.41) is 4.57. The van der Waals surface area contributed by atoms with Crippen molar-refractivity contribution in [3.05, 3.63) is 76.0 Å². The number of halogens is 1. The van der Waals surface area contributed by atoms with E-state index in [2.05, 4.69) is 20.1 Å². The number of nitrogens with zero attached hydrogens (tertiary/aromatic N) is 4. The summed E-state index contributed by atoms with van der Waals surface area (Å²) in [5.41, 5.74) is 1.53. The Hall–Kier alpha value is -3.55. The first kappa shape index (κ1) is 16.9. The average molecular weight is 365 g/mol. The minimum absolute atomic E-state index is 0.204. The lowest BCUT2D eigenvalue weighted by Crippen LogP contribution is -2.12. The molecule has 8 heteroatoms. The second-order valence-corrected chi connectivity index (χ2v) is 6.10. The van der Waals surface area contributed by atoms with Crippen LogP contribution in [-0.4, -0.2) is 31.8 Å². The molecule has 136 valence electrons. The zero-order chi connectivity index (χ0) is 19.0. The highest BCUT2D eigenvalue weighted by Crippen LogP contribution is 2.17. The molecule has 0 atom stereocenters. The number of hydrogen-bond acceptors (Lipinski definition) is 5. The normalized spacial score (nSPS) is 11.1. The number of H-pyrrole nitrogens is 1. The van der Waals surface area contributed by atoms with E-state index in [0.717, 1.165) is 5.56 Å². The van der Waals surface area contributed by atoms with Crippen LogP contribution in [0, 0.1) is 12.7 Å². The number of ether oxygens (including phenoxy) is 1. The average Bonchev–Trinajstić information content (AvgIpc) is 3.00. The van der Waals surface area contributed by atoms with Crippen LogP contribution in [0.25, 0.3) is 16.7 Å². The van der Waals surface area contributed by atoms with Crippen LogP contribution in [0.15, 0.2) is 47.5 Å². The molecule has 27 heavy (non-hydrogen) atoms. The number of nitrogens with one attached hydrogen (secondary N) is 1. The molecule has 0 amide bonds. The molecule has 0 saturated heterocycles. The molecule has 0 fully saturated rings. The lowest BCUT2D eigenvalue weighted by Gasteiger charge is -2.06. The summed E-state index contributed by atoms with van der Waals surface area (Å²) in [4.78, 5) is 23.9. The van der Waals surface area contributed by atoms with Gasteiger partial charge in [-0.3, -0.25) is 4.79 Å². The van der Waals surface area contributed by atoms with Crippen molar-refractivity contribution < 1.29 is 9.13 Å². The molecule has 0 spiro atoms.